The first kappa shape index (κ1) is 19.8. The van der Waals surface area contributed by atoms with Gasteiger partial charge in [0.1, 0.15) is 0 Å². The van der Waals surface area contributed by atoms with Gasteiger partial charge >= 0.3 is 0 Å². The maximum atomic E-state index is 7.90. The van der Waals surface area contributed by atoms with E-state index in [2.05, 4.69) is 41.9 Å². The average Bonchev–Trinajstić information content (AvgIpc) is 2.50. The van der Waals surface area contributed by atoms with E-state index in [1.54, 1.807) is 0 Å². The molecular weight excluding hydrogens is 312 g/mol. The number of amidine groups is 1. The minimum absolute atomic E-state index is 0.655. The van der Waals surface area contributed by atoms with Crippen LogP contribution < -0.4 is 10.6 Å². The SMILES string of the molecule is CC1CCC1SCCNC(=N)CCCCC(=N)CNCCS. The van der Waals surface area contributed by atoms with Crippen molar-refractivity contribution < 1.29 is 0 Å². The molecule has 1 aliphatic carbocycles. The summed E-state index contributed by atoms with van der Waals surface area (Å²) < 4.78 is 0. The fraction of sp³-hybridized carbons (Fsp3) is 0.875. The van der Waals surface area contributed by atoms with Crippen LogP contribution in [0, 0.1) is 16.7 Å². The van der Waals surface area contributed by atoms with Gasteiger partial charge in [0.2, 0.25) is 0 Å². The van der Waals surface area contributed by atoms with E-state index in [1.807, 2.05) is 0 Å². The Bertz CT molecular complexity index is 336. The van der Waals surface area contributed by atoms with Gasteiger partial charge < -0.3 is 16.0 Å². The highest BCUT2D eigenvalue weighted by Gasteiger charge is 2.26. The molecule has 0 aromatic heterocycles. The van der Waals surface area contributed by atoms with Crippen molar-refractivity contribution in [2.75, 3.05) is 31.1 Å². The maximum Gasteiger partial charge on any atom is 0.0931 e. The van der Waals surface area contributed by atoms with Crippen molar-refractivity contribution in [1.82, 2.24) is 10.6 Å². The smallest absolute Gasteiger partial charge is 0.0931 e. The molecule has 0 heterocycles. The summed E-state index contributed by atoms with van der Waals surface area (Å²) in [4.78, 5) is 0. The number of rotatable bonds is 13. The maximum absolute atomic E-state index is 7.90. The molecule has 22 heavy (non-hydrogen) atoms. The van der Waals surface area contributed by atoms with E-state index in [0.717, 1.165) is 67.2 Å². The molecule has 1 fully saturated rings. The third-order valence-electron chi connectivity index (χ3n) is 4.10. The van der Waals surface area contributed by atoms with Crippen molar-refractivity contribution >= 4 is 35.9 Å². The van der Waals surface area contributed by atoms with Crippen molar-refractivity contribution in [3.8, 4) is 0 Å². The Balaban J connectivity index is 1.87. The molecule has 128 valence electrons. The van der Waals surface area contributed by atoms with Crippen molar-refractivity contribution in [2.45, 2.75) is 50.7 Å². The lowest BCUT2D eigenvalue weighted by Crippen LogP contribution is -2.29. The van der Waals surface area contributed by atoms with Gasteiger partial charge in [-0.2, -0.15) is 24.4 Å². The molecular formula is C16H32N4S2. The van der Waals surface area contributed by atoms with Crippen LogP contribution >= 0.6 is 24.4 Å². The van der Waals surface area contributed by atoms with Crippen molar-refractivity contribution in [3.05, 3.63) is 0 Å². The topological polar surface area (TPSA) is 71.8 Å². The van der Waals surface area contributed by atoms with E-state index in [4.69, 9.17) is 10.8 Å². The molecule has 0 aromatic rings. The summed E-state index contributed by atoms with van der Waals surface area (Å²) in [6.07, 6.45) is 6.40. The first-order valence-corrected chi connectivity index (χ1v) is 10.1. The third-order valence-corrected chi connectivity index (χ3v) is 5.89. The Labute approximate surface area is 145 Å². The third kappa shape index (κ3) is 9.06. The normalized spacial score (nSPS) is 20.5. The van der Waals surface area contributed by atoms with E-state index < -0.39 is 0 Å². The van der Waals surface area contributed by atoms with E-state index >= 15 is 0 Å². The lowest BCUT2D eigenvalue weighted by Gasteiger charge is -2.33. The predicted octanol–water partition coefficient (Wildman–Crippen LogP) is 3.18. The highest BCUT2D eigenvalue weighted by atomic mass is 32.2. The zero-order valence-electron chi connectivity index (χ0n) is 13.8. The molecule has 1 rings (SSSR count). The van der Waals surface area contributed by atoms with Crippen LogP contribution in [0.1, 0.15) is 45.4 Å². The quantitative estimate of drug-likeness (QED) is 0.154. The van der Waals surface area contributed by atoms with Gasteiger partial charge in [-0.1, -0.05) is 6.92 Å². The Morgan fingerprint density at radius 3 is 2.59 bits per heavy atom. The zero-order valence-corrected chi connectivity index (χ0v) is 15.5. The number of thiol groups is 1. The van der Waals surface area contributed by atoms with Crippen LogP contribution in [0.25, 0.3) is 0 Å². The van der Waals surface area contributed by atoms with Gasteiger partial charge in [0.05, 0.1) is 5.84 Å². The Morgan fingerprint density at radius 1 is 1.18 bits per heavy atom. The lowest BCUT2D eigenvalue weighted by molar-refractivity contribution is 0.363. The molecule has 0 aromatic carbocycles. The second-order valence-corrected chi connectivity index (χ2v) is 7.87. The second-order valence-electron chi connectivity index (χ2n) is 6.08. The highest BCUT2D eigenvalue weighted by Crippen LogP contribution is 2.36. The summed E-state index contributed by atoms with van der Waals surface area (Å²) in [6, 6.07) is 0. The van der Waals surface area contributed by atoms with E-state index in [0.29, 0.717) is 12.4 Å². The van der Waals surface area contributed by atoms with E-state index in [-0.39, 0.29) is 0 Å². The Kier molecular flexibility index (Phi) is 11.1. The van der Waals surface area contributed by atoms with Crippen molar-refractivity contribution in [2.24, 2.45) is 5.92 Å². The van der Waals surface area contributed by atoms with E-state index in [1.165, 1.54) is 12.8 Å². The highest BCUT2D eigenvalue weighted by molar-refractivity contribution is 8.00. The van der Waals surface area contributed by atoms with Gasteiger partial charge in [-0.25, -0.2) is 0 Å². The Hall–Kier alpha value is -0.200. The first-order valence-electron chi connectivity index (χ1n) is 8.44. The summed E-state index contributed by atoms with van der Waals surface area (Å²) in [5, 5.41) is 23.0. The van der Waals surface area contributed by atoms with E-state index in [9.17, 15) is 0 Å². The molecule has 0 radical (unpaired) electrons. The van der Waals surface area contributed by atoms with Gasteiger partial charge in [0, 0.05) is 48.5 Å². The summed E-state index contributed by atoms with van der Waals surface area (Å²) in [6.45, 7) is 4.78. The molecule has 2 atom stereocenters. The first-order chi connectivity index (χ1) is 10.6. The van der Waals surface area contributed by atoms with Crippen LogP contribution in [0.3, 0.4) is 0 Å². The minimum atomic E-state index is 0.655. The van der Waals surface area contributed by atoms with Gasteiger partial charge in [-0.05, 0) is 38.0 Å². The summed E-state index contributed by atoms with van der Waals surface area (Å²) in [7, 11) is 0. The van der Waals surface area contributed by atoms with Gasteiger partial charge in [0.25, 0.3) is 0 Å². The van der Waals surface area contributed by atoms with Crippen LogP contribution in [0.15, 0.2) is 0 Å². The standard InChI is InChI=1S/C16H32N4S2/c1-13-6-7-15(13)22-11-9-20-16(18)5-3-2-4-14(17)12-19-8-10-21/h13,15,17,19,21H,2-12H2,1H3,(H2,18,20). The molecule has 1 aliphatic rings. The monoisotopic (exact) mass is 344 g/mol. The number of hydrogen-bond acceptors (Lipinski definition) is 5. The molecule has 0 saturated heterocycles. The molecule has 6 heteroatoms. The van der Waals surface area contributed by atoms with Crippen molar-refractivity contribution in [3.63, 3.8) is 0 Å². The molecule has 1 saturated carbocycles. The van der Waals surface area contributed by atoms with Crippen LogP contribution in [0.4, 0.5) is 0 Å². The molecule has 2 unspecified atom stereocenters. The fourth-order valence-electron chi connectivity index (χ4n) is 2.43. The molecule has 0 amide bonds. The lowest BCUT2D eigenvalue weighted by atomic mass is 9.87. The minimum Gasteiger partial charge on any atom is -0.373 e. The van der Waals surface area contributed by atoms with Gasteiger partial charge in [0.15, 0.2) is 0 Å². The number of thioether (sulfide) groups is 1. The Morgan fingerprint density at radius 2 is 1.95 bits per heavy atom. The summed E-state index contributed by atoms with van der Waals surface area (Å²) in [5.41, 5.74) is 0.757. The predicted molar refractivity (Wildman–Crippen MR) is 103 cm³/mol. The summed E-state index contributed by atoms with van der Waals surface area (Å²) in [5.74, 6) is 3.47. The van der Waals surface area contributed by atoms with Crippen LogP contribution in [0.2, 0.25) is 0 Å². The largest absolute Gasteiger partial charge is 0.373 e. The second kappa shape index (κ2) is 12.3. The average molecular weight is 345 g/mol. The molecule has 4 N–H and O–H groups in total. The van der Waals surface area contributed by atoms with Gasteiger partial charge in [-0.15, -0.1) is 0 Å². The number of nitrogens with one attached hydrogen (secondary N) is 4. The molecule has 0 aliphatic heterocycles. The van der Waals surface area contributed by atoms with Crippen LogP contribution in [-0.4, -0.2) is 47.9 Å². The summed E-state index contributed by atoms with van der Waals surface area (Å²) >= 11 is 6.18. The van der Waals surface area contributed by atoms with Crippen molar-refractivity contribution in [1.29, 1.82) is 10.8 Å². The number of unbranched alkanes of at least 4 members (excludes halogenated alkanes) is 1. The van der Waals surface area contributed by atoms with Crippen LogP contribution in [-0.2, 0) is 0 Å². The molecule has 0 spiro atoms. The van der Waals surface area contributed by atoms with Crippen LogP contribution in [0.5, 0.6) is 0 Å². The fourth-order valence-corrected chi connectivity index (χ4v) is 3.88. The molecule has 4 nitrogen and oxygen atoms in total. The molecule has 0 bridgehead atoms. The number of hydrogen-bond donors (Lipinski definition) is 5. The zero-order chi connectivity index (χ0) is 16.2. The van der Waals surface area contributed by atoms with Gasteiger partial charge in [-0.3, -0.25) is 5.41 Å².